The molecule has 2 fully saturated rings. The van der Waals surface area contributed by atoms with Gasteiger partial charge in [-0.05, 0) is 25.7 Å². The molecule has 100 valence electrons. The first kappa shape index (κ1) is 12.4. The second-order valence-corrected chi connectivity index (χ2v) is 5.66. The number of nitrogens with one attached hydrogen (secondary N) is 1. The summed E-state index contributed by atoms with van der Waals surface area (Å²) in [4.78, 5) is 8.65. The van der Waals surface area contributed by atoms with Crippen LogP contribution in [0, 0.1) is 11.3 Å². The molecule has 0 aliphatic heterocycles. The number of nitrogens with zero attached hydrogens (tertiary/aromatic N) is 3. The molecule has 3 rings (SSSR count). The Balaban J connectivity index is 1.74. The molecule has 2 saturated carbocycles. The van der Waals surface area contributed by atoms with E-state index in [2.05, 4.69) is 21.4 Å². The largest absolute Gasteiger partial charge is 0.388 e. The fourth-order valence-electron chi connectivity index (χ4n) is 2.64. The van der Waals surface area contributed by atoms with E-state index in [1.54, 1.807) is 6.20 Å². The number of nitriles is 1. The quantitative estimate of drug-likeness (QED) is 0.862. The van der Waals surface area contributed by atoms with Crippen molar-refractivity contribution in [2.45, 2.75) is 50.0 Å². The molecule has 2 aliphatic rings. The maximum absolute atomic E-state index is 10.3. The summed E-state index contributed by atoms with van der Waals surface area (Å²) in [7, 11) is 0. The Bertz CT molecular complexity index is 513. The number of hydrogen-bond acceptors (Lipinski definition) is 5. The third-order valence-electron chi connectivity index (χ3n) is 4.01. The van der Waals surface area contributed by atoms with Crippen LogP contribution in [0.2, 0.25) is 0 Å². The topological polar surface area (TPSA) is 81.8 Å². The Hall–Kier alpha value is -1.67. The Labute approximate surface area is 112 Å². The third-order valence-corrected chi connectivity index (χ3v) is 4.01. The Kier molecular flexibility index (Phi) is 3.11. The first-order chi connectivity index (χ1) is 9.20. The highest BCUT2D eigenvalue weighted by atomic mass is 16.3. The van der Waals surface area contributed by atoms with Crippen molar-refractivity contribution in [1.82, 2.24) is 9.97 Å². The first-order valence-corrected chi connectivity index (χ1v) is 6.93. The van der Waals surface area contributed by atoms with Crippen LogP contribution in [0.3, 0.4) is 0 Å². The van der Waals surface area contributed by atoms with Crippen LogP contribution < -0.4 is 5.32 Å². The third kappa shape index (κ3) is 2.69. The molecule has 0 amide bonds. The van der Waals surface area contributed by atoms with Crippen molar-refractivity contribution in [2.75, 3.05) is 11.9 Å². The molecule has 0 bridgehead atoms. The fourth-order valence-corrected chi connectivity index (χ4v) is 2.64. The van der Waals surface area contributed by atoms with Crippen LogP contribution in [0.15, 0.2) is 6.20 Å². The number of aromatic nitrogens is 2. The summed E-state index contributed by atoms with van der Waals surface area (Å²) >= 11 is 0. The summed E-state index contributed by atoms with van der Waals surface area (Å²) in [5, 5.41) is 22.5. The van der Waals surface area contributed by atoms with Gasteiger partial charge in [0.25, 0.3) is 0 Å². The summed E-state index contributed by atoms with van der Waals surface area (Å²) in [5.74, 6) is 1.03. The highest BCUT2D eigenvalue weighted by molar-refractivity contribution is 5.48. The maximum Gasteiger partial charge on any atom is 0.182 e. The second kappa shape index (κ2) is 4.78. The van der Waals surface area contributed by atoms with E-state index in [1.165, 1.54) is 0 Å². The van der Waals surface area contributed by atoms with Crippen LogP contribution in [0.5, 0.6) is 0 Å². The van der Waals surface area contributed by atoms with Gasteiger partial charge >= 0.3 is 0 Å². The lowest BCUT2D eigenvalue weighted by molar-refractivity contribution is 0.0614. The molecule has 2 N–H and O–H groups in total. The van der Waals surface area contributed by atoms with E-state index in [9.17, 15) is 5.11 Å². The van der Waals surface area contributed by atoms with Crippen molar-refractivity contribution in [1.29, 1.82) is 5.26 Å². The standard InChI is InChI=1S/C14H18N4O/c15-7-11-13(17-9-14(19)5-1-2-6-14)18-12(8-16-11)10-3-4-10/h8,10,19H,1-6,9H2,(H,17,18). The predicted octanol–water partition coefficient (Wildman–Crippen LogP) is 1.94. The maximum atomic E-state index is 10.3. The number of aliphatic hydroxyl groups is 1. The molecule has 0 spiro atoms. The van der Waals surface area contributed by atoms with Crippen LogP contribution in [-0.4, -0.2) is 27.2 Å². The predicted molar refractivity (Wildman–Crippen MR) is 70.6 cm³/mol. The van der Waals surface area contributed by atoms with E-state index < -0.39 is 5.60 Å². The van der Waals surface area contributed by atoms with Gasteiger partial charge in [-0.25, -0.2) is 9.97 Å². The minimum absolute atomic E-state index is 0.311. The summed E-state index contributed by atoms with van der Waals surface area (Å²) in [5.41, 5.74) is 0.621. The van der Waals surface area contributed by atoms with Crippen LogP contribution in [0.1, 0.15) is 55.8 Å². The molecule has 19 heavy (non-hydrogen) atoms. The molecular formula is C14H18N4O. The summed E-state index contributed by atoms with van der Waals surface area (Å²) in [6.45, 7) is 0.449. The van der Waals surface area contributed by atoms with Gasteiger partial charge < -0.3 is 10.4 Å². The van der Waals surface area contributed by atoms with Crippen molar-refractivity contribution < 1.29 is 5.11 Å². The normalized spacial score (nSPS) is 21.1. The van der Waals surface area contributed by atoms with Crippen molar-refractivity contribution in [2.24, 2.45) is 0 Å². The summed E-state index contributed by atoms with van der Waals surface area (Å²) in [6.07, 6.45) is 7.78. The minimum atomic E-state index is -0.649. The van der Waals surface area contributed by atoms with Gasteiger partial charge in [0.15, 0.2) is 11.5 Å². The van der Waals surface area contributed by atoms with Gasteiger partial charge in [-0.3, -0.25) is 0 Å². The van der Waals surface area contributed by atoms with Gasteiger partial charge in [-0.1, -0.05) is 12.8 Å². The lowest BCUT2D eigenvalue weighted by atomic mass is 10.0. The lowest BCUT2D eigenvalue weighted by Gasteiger charge is -2.22. The van der Waals surface area contributed by atoms with Crippen molar-refractivity contribution >= 4 is 5.82 Å². The van der Waals surface area contributed by atoms with Crippen LogP contribution in [-0.2, 0) is 0 Å². The number of rotatable bonds is 4. The fraction of sp³-hybridized carbons (Fsp3) is 0.643. The second-order valence-electron chi connectivity index (χ2n) is 5.66. The van der Waals surface area contributed by atoms with Crippen molar-refractivity contribution in [3.63, 3.8) is 0 Å². The molecule has 5 nitrogen and oxygen atoms in total. The van der Waals surface area contributed by atoms with E-state index in [1.807, 2.05) is 0 Å². The zero-order valence-electron chi connectivity index (χ0n) is 10.9. The monoisotopic (exact) mass is 258 g/mol. The minimum Gasteiger partial charge on any atom is -0.388 e. The molecule has 1 aromatic rings. The van der Waals surface area contributed by atoms with Crippen molar-refractivity contribution in [3.05, 3.63) is 17.6 Å². The van der Waals surface area contributed by atoms with Gasteiger partial charge in [0, 0.05) is 12.5 Å². The molecule has 1 heterocycles. The molecular weight excluding hydrogens is 240 g/mol. The molecule has 0 radical (unpaired) electrons. The molecule has 5 heteroatoms. The molecule has 2 aliphatic carbocycles. The molecule has 0 aromatic carbocycles. The van der Waals surface area contributed by atoms with Crippen LogP contribution >= 0.6 is 0 Å². The van der Waals surface area contributed by atoms with Crippen LogP contribution in [0.25, 0.3) is 0 Å². The van der Waals surface area contributed by atoms with Gasteiger partial charge in [-0.15, -0.1) is 0 Å². The Morgan fingerprint density at radius 3 is 2.79 bits per heavy atom. The van der Waals surface area contributed by atoms with E-state index in [0.717, 1.165) is 44.2 Å². The zero-order valence-corrected chi connectivity index (χ0v) is 10.9. The first-order valence-electron chi connectivity index (χ1n) is 6.93. The highest BCUT2D eigenvalue weighted by Gasteiger charge is 2.31. The van der Waals surface area contributed by atoms with Gasteiger partial charge in [0.05, 0.1) is 17.5 Å². The lowest BCUT2D eigenvalue weighted by Crippen LogP contribution is -2.34. The van der Waals surface area contributed by atoms with E-state index >= 15 is 0 Å². The molecule has 0 atom stereocenters. The van der Waals surface area contributed by atoms with Gasteiger partial charge in [0.1, 0.15) is 6.07 Å². The average Bonchev–Trinajstić information content (AvgIpc) is 3.19. The van der Waals surface area contributed by atoms with Gasteiger partial charge in [0.2, 0.25) is 0 Å². The zero-order chi connectivity index (χ0) is 13.3. The van der Waals surface area contributed by atoms with Crippen molar-refractivity contribution in [3.8, 4) is 6.07 Å². The number of hydrogen-bond donors (Lipinski definition) is 2. The Morgan fingerprint density at radius 2 is 2.16 bits per heavy atom. The van der Waals surface area contributed by atoms with Crippen LogP contribution in [0.4, 0.5) is 5.82 Å². The summed E-state index contributed by atoms with van der Waals surface area (Å²) < 4.78 is 0. The molecule has 0 unspecified atom stereocenters. The molecule has 1 aromatic heterocycles. The SMILES string of the molecule is N#Cc1ncc(C2CC2)nc1NCC1(O)CCCC1. The van der Waals surface area contributed by atoms with E-state index in [4.69, 9.17) is 5.26 Å². The Morgan fingerprint density at radius 1 is 1.42 bits per heavy atom. The summed E-state index contributed by atoms with van der Waals surface area (Å²) in [6, 6.07) is 2.05. The molecule has 0 saturated heterocycles. The smallest absolute Gasteiger partial charge is 0.182 e. The van der Waals surface area contributed by atoms with E-state index in [-0.39, 0.29) is 0 Å². The highest BCUT2D eigenvalue weighted by Crippen LogP contribution is 2.39. The van der Waals surface area contributed by atoms with E-state index in [0.29, 0.717) is 24.0 Å². The average molecular weight is 258 g/mol. The number of anilines is 1. The van der Waals surface area contributed by atoms with Gasteiger partial charge in [-0.2, -0.15) is 5.26 Å².